The molecule has 2 heteroatoms. The highest BCUT2D eigenvalue weighted by atomic mass is 16.5. The van der Waals surface area contributed by atoms with Gasteiger partial charge in [0.25, 0.3) is 0 Å². The quantitative estimate of drug-likeness (QED) is 0.862. The van der Waals surface area contributed by atoms with Crippen LogP contribution in [0.5, 0.6) is 5.75 Å². The van der Waals surface area contributed by atoms with E-state index in [1.165, 1.54) is 36.1 Å². The van der Waals surface area contributed by atoms with Crippen molar-refractivity contribution in [3.8, 4) is 5.75 Å². The molecule has 0 saturated heterocycles. The average molecular weight is 261 g/mol. The minimum Gasteiger partial charge on any atom is -0.496 e. The van der Waals surface area contributed by atoms with Crippen molar-refractivity contribution in [2.45, 2.75) is 53.0 Å². The molecule has 2 rings (SSSR count). The van der Waals surface area contributed by atoms with Crippen molar-refractivity contribution in [1.82, 2.24) is 0 Å². The highest BCUT2D eigenvalue weighted by Gasteiger charge is 2.27. The van der Waals surface area contributed by atoms with E-state index >= 15 is 0 Å². The minimum absolute atomic E-state index is 0.592. The molecule has 1 fully saturated rings. The van der Waals surface area contributed by atoms with Gasteiger partial charge < -0.3 is 10.1 Å². The SMILES string of the molecule is COc1c(C)ccc(NC2CCCC(C)C2C)c1C. The third kappa shape index (κ3) is 2.88. The number of benzene rings is 1. The third-order valence-corrected chi connectivity index (χ3v) is 4.85. The Hall–Kier alpha value is -1.18. The number of nitrogens with one attached hydrogen (secondary N) is 1. The first-order valence-corrected chi connectivity index (χ1v) is 7.45. The Bertz CT molecular complexity index is 441. The number of rotatable bonds is 3. The Morgan fingerprint density at radius 2 is 1.89 bits per heavy atom. The summed E-state index contributed by atoms with van der Waals surface area (Å²) in [6.45, 7) is 9.00. The lowest BCUT2D eigenvalue weighted by molar-refractivity contribution is 0.253. The van der Waals surface area contributed by atoms with E-state index in [-0.39, 0.29) is 0 Å². The second-order valence-corrected chi connectivity index (χ2v) is 6.11. The van der Waals surface area contributed by atoms with Crippen LogP contribution in [0.15, 0.2) is 12.1 Å². The van der Waals surface area contributed by atoms with Gasteiger partial charge in [0.15, 0.2) is 0 Å². The van der Waals surface area contributed by atoms with E-state index < -0.39 is 0 Å². The lowest BCUT2D eigenvalue weighted by Crippen LogP contribution is -2.35. The molecule has 0 aromatic heterocycles. The largest absolute Gasteiger partial charge is 0.496 e. The summed E-state index contributed by atoms with van der Waals surface area (Å²) >= 11 is 0. The maximum absolute atomic E-state index is 5.51. The summed E-state index contributed by atoms with van der Waals surface area (Å²) in [6, 6.07) is 4.93. The number of anilines is 1. The molecule has 0 bridgehead atoms. The Balaban J connectivity index is 2.19. The van der Waals surface area contributed by atoms with Gasteiger partial charge >= 0.3 is 0 Å². The number of hydrogen-bond donors (Lipinski definition) is 1. The third-order valence-electron chi connectivity index (χ3n) is 4.85. The second kappa shape index (κ2) is 5.85. The van der Waals surface area contributed by atoms with Gasteiger partial charge in [-0.05, 0) is 43.7 Å². The molecule has 106 valence electrons. The molecule has 1 saturated carbocycles. The van der Waals surface area contributed by atoms with Crippen molar-refractivity contribution in [2.75, 3.05) is 12.4 Å². The molecule has 0 radical (unpaired) electrons. The van der Waals surface area contributed by atoms with Crippen molar-refractivity contribution in [3.05, 3.63) is 23.3 Å². The first kappa shape index (κ1) is 14.2. The fourth-order valence-corrected chi connectivity index (χ4v) is 3.28. The summed E-state index contributed by atoms with van der Waals surface area (Å²) in [5.74, 6) is 2.57. The number of ether oxygens (including phenoxy) is 1. The number of aryl methyl sites for hydroxylation is 1. The molecule has 2 nitrogen and oxygen atoms in total. The average Bonchev–Trinajstić information content (AvgIpc) is 2.39. The zero-order valence-electron chi connectivity index (χ0n) is 12.9. The predicted octanol–water partition coefficient (Wildman–Crippen LogP) is 4.55. The fourth-order valence-electron chi connectivity index (χ4n) is 3.28. The Labute approximate surface area is 117 Å². The van der Waals surface area contributed by atoms with E-state index in [1.807, 2.05) is 0 Å². The highest BCUT2D eigenvalue weighted by Crippen LogP contribution is 2.34. The van der Waals surface area contributed by atoms with E-state index in [0.717, 1.165) is 17.6 Å². The fraction of sp³-hybridized carbons (Fsp3) is 0.647. The van der Waals surface area contributed by atoms with E-state index in [0.29, 0.717) is 6.04 Å². The summed E-state index contributed by atoms with van der Waals surface area (Å²) in [6.07, 6.45) is 3.99. The number of methoxy groups -OCH3 is 1. The maximum atomic E-state index is 5.51. The maximum Gasteiger partial charge on any atom is 0.126 e. The normalized spacial score (nSPS) is 27.1. The lowest BCUT2D eigenvalue weighted by Gasteiger charge is -2.35. The van der Waals surface area contributed by atoms with Crippen LogP contribution >= 0.6 is 0 Å². The van der Waals surface area contributed by atoms with Gasteiger partial charge in [0.2, 0.25) is 0 Å². The molecule has 1 N–H and O–H groups in total. The number of hydrogen-bond acceptors (Lipinski definition) is 2. The molecule has 0 spiro atoms. The van der Waals surface area contributed by atoms with Crippen LogP contribution in [0, 0.1) is 25.7 Å². The molecule has 0 aliphatic heterocycles. The zero-order valence-corrected chi connectivity index (χ0v) is 12.9. The Morgan fingerprint density at radius 3 is 2.58 bits per heavy atom. The van der Waals surface area contributed by atoms with Gasteiger partial charge in [0, 0.05) is 17.3 Å². The van der Waals surface area contributed by atoms with Crippen LogP contribution in [0.25, 0.3) is 0 Å². The van der Waals surface area contributed by atoms with Gasteiger partial charge in [0.1, 0.15) is 5.75 Å². The zero-order chi connectivity index (χ0) is 14.0. The summed E-state index contributed by atoms with van der Waals surface area (Å²) in [5.41, 5.74) is 3.66. The Kier molecular flexibility index (Phi) is 4.38. The molecule has 19 heavy (non-hydrogen) atoms. The minimum atomic E-state index is 0.592. The van der Waals surface area contributed by atoms with Crippen LogP contribution < -0.4 is 10.1 Å². The molecule has 3 atom stereocenters. The van der Waals surface area contributed by atoms with E-state index in [2.05, 4.69) is 45.1 Å². The van der Waals surface area contributed by atoms with Crippen LogP contribution in [-0.4, -0.2) is 13.2 Å². The van der Waals surface area contributed by atoms with Gasteiger partial charge in [-0.15, -0.1) is 0 Å². The second-order valence-electron chi connectivity index (χ2n) is 6.11. The monoisotopic (exact) mass is 261 g/mol. The predicted molar refractivity (Wildman–Crippen MR) is 82.1 cm³/mol. The van der Waals surface area contributed by atoms with Crippen molar-refractivity contribution < 1.29 is 4.74 Å². The molecular weight excluding hydrogens is 234 g/mol. The molecule has 1 aromatic carbocycles. The standard InChI is InChI=1S/C17H27NO/c1-11-7-6-8-15(13(11)3)18-16-10-9-12(2)17(19-5)14(16)4/h9-11,13,15,18H,6-8H2,1-5H3. The van der Waals surface area contributed by atoms with Crippen LogP contribution in [0.3, 0.4) is 0 Å². The molecule has 1 aliphatic carbocycles. The van der Waals surface area contributed by atoms with Gasteiger partial charge in [-0.1, -0.05) is 32.8 Å². The van der Waals surface area contributed by atoms with Crippen LogP contribution in [-0.2, 0) is 0 Å². The summed E-state index contributed by atoms with van der Waals surface area (Å²) in [5, 5.41) is 3.75. The van der Waals surface area contributed by atoms with Crippen molar-refractivity contribution in [2.24, 2.45) is 11.8 Å². The molecule has 1 aliphatic rings. The van der Waals surface area contributed by atoms with Gasteiger partial charge in [-0.25, -0.2) is 0 Å². The smallest absolute Gasteiger partial charge is 0.126 e. The van der Waals surface area contributed by atoms with Crippen molar-refractivity contribution >= 4 is 5.69 Å². The molecule has 0 heterocycles. The van der Waals surface area contributed by atoms with Crippen molar-refractivity contribution in [1.29, 1.82) is 0 Å². The molecular formula is C17H27NO. The first-order valence-electron chi connectivity index (χ1n) is 7.45. The highest BCUT2D eigenvalue weighted by molar-refractivity contribution is 5.60. The van der Waals surface area contributed by atoms with E-state index in [9.17, 15) is 0 Å². The lowest BCUT2D eigenvalue weighted by atomic mass is 9.78. The molecule has 3 unspecified atom stereocenters. The topological polar surface area (TPSA) is 21.3 Å². The van der Waals surface area contributed by atoms with Gasteiger partial charge in [0.05, 0.1) is 7.11 Å². The van der Waals surface area contributed by atoms with Crippen LogP contribution in [0.1, 0.15) is 44.2 Å². The Morgan fingerprint density at radius 1 is 1.16 bits per heavy atom. The van der Waals surface area contributed by atoms with Crippen LogP contribution in [0.4, 0.5) is 5.69 Å². The van der Waals surface area contributed by atoms with E-state index in [4.69, 9.17) is 4.74 Å². The summed E-state index contributed by atoms with van der Waals surface area (Å²) < 4.78 is 5.51. The van der Waals surface area contributed by atoms with Crippen molar-refractivity contribution in [3.63, 3.8) is 0 Å². The van der Waals surface area contributed by atoms with E-state index in [1.54, 1.807) is 7.11 Å². The summed E-state index contributed by atoms with van der Waals surface area (Å²) in [4.78, 5) is 0. The molecule has 0 amide bonds. The van der Waals surface area contributed by atoms with Gasteiger partial charge in [-0.3, -0.25) is 0 Å². The van der Waals surface area contributed by atoms with Crippen LogP contribution in [0.2, 0.25) is 0 Å². The first-order chi connectivity index (χ1) is 9.04. The molecule has 1 aromatic rings. The van der Waals surface area contributed by atoms with Gasteiger partial charge in [-0.2, -0.15) is 0 Å². The summed E-state index contributed by atoms with van der Waals surface area (Å²) in [7, 11) is 1.75.